The summed E-state index contributed by atoms with van der Waals surface area (Å²) >= 11 is 4.59. The van der Waals surface area contributed by atoms with Crippen LogP contribution < -0.4 is 5.32 Å². The molecule has 0 atom stereocenters. The van der Waals surface area contributed by atoms with Crippen molar-refractivity contribution in [1.82, 2.24) is 24.4 Å². The summed E-state index contributed by atoms with van der Waals surface area (Å²) in [6.07, 6.45) is 11.1. The average Bonchev–Trinajstić information content (AvgIpc) is 3.37. The summed E-state index contributed by atoms with van der Waals surface area (Å²) in [5, 5.41) is 24.1. The molecule has 0 unspecified atom stereocenters. The van der Waals surface area contributed by atoms with E-state index in [1.165, 1.54) is 6.20 Å². The highest BCUT2D eigenvalue weighted by atomic mass is 32.1. The molecule has 0 spiro atoms. The molecule has 32 heavy (non-hydrogen) atoms. The van der Waals surface area contributed by atoms with Gasteiger partial charge in [-0.15, -0.1) is 0 Å². The lowest BCUT2D eigenvalue weighted by Gasteiger charge is -2.25. The van der Waals surface area contributed by atoms with Gasteiger partial charge in [0.2, 0.25) is 0 Å². The molecule has 8 nitrogen and oxygen atoms in total. The molecule has 3 aromatic heterocycles. The first-order valence-electron chi connectivity index (χ1n) is 10.8. The van der Waals surface area contributed by atoms with Crippen LogP contribution in [0.15, 0.2) is 43.0 Å². The fraction of sp³-hybridized carbons (Fsp3) is 0.391. The maximum Gasteiger partial charge on any atom is 0.261 e. The molecular weight excluding hydrogens is 424 g/mol. The maximum absolute atomic E-state index is 13.1. The van der Waals surface area contributed by atoms with Gasteiger partial charge in [0.25, 0.3) is 5.91 Å². The molecule has 0 radical (unpaired) electrons. The summed E-state index contributed by atoms with van der Waals surface area (Å²) in [6, 6.07) is 5.84. The van der Waals surface area contributed by atoms with Crippen LogP contribution in [-0.2, 0) is 5.60 Å². The van der Waals surface area contributed by atoms with Crippen molar-refractivity contribution >= 4 is 40.8 Å². The van der Waals surface area contributed by atoms with Crippen molar-refractivity contribution in [3.63, 3.8) is 0 Å². The number of rotatable bonds is 4. The summed E-state index contributed by atoms with van der Waals surface area (Å²) in [5.74, 6) is -0.331. The van der Waals surface area contributed by atoms with Crippen LogP contribution >= 0.6 is 12.6 Å². The molecule has 1 aliphatic carbocycles. The van der Waals surface area contributed by atoms with Crippen molar-refractivity contribution in [2.24, 2.45) is 0 Å². The van der Waals surface area contributed by atoms with Crippen LogP contribution in [0.1, 0.15) is 61.5 Å². The molecule has 5 rings (SSSR count). The van der Waals surface area contributed by atoms with Gasteiger partial charge in [-0.05, 0) is 57.7 Å². The Morgan fingerprint density at radius 1 is 1.25 bits per heavy atom. The summed E-state index contributed by atoms with van der Waals surface area (Å²) in [7, 11) is 0. The van der Waals surface area contributed by atoms with E-state index >= 15 is 0 Å². The SMILES string of the molecule is CC(C)(O)c1cc2nn([C@H]3CC[C@H](S)CC3)cc2cc1NC(=O)c1cnn2cccnc12. The lowest BCUT2D eigenvalue weighted by Crippen LogP contribution is -2.21. The molecule has 1 amide bonds. The number of thiol groups is 1. The lowest BCUT2D eigenvalue weighted by molar-refractivity contribution is 0.0794. The number of nitrogens with zero attached hydrogens (tertiary/aromatic N) is 5. The first-order chi connectivity index (χ1) is 15.3. The Balaban J connectivity index is 1.51. The molecule has 4 aromatic rings. The Morgan fingerprint density at radius 3 is 2.78 bits per heavy atom. The van der Waals surface area contributed by atoms with E-state index in [1.54, 1.807) is 36.8 Å². The van der Waals surface area contributed by atoms with Crippen LogP contribution in [0.3, 0.4) is 0 Å². The van der Waals surface area contributed by atoms with Crippen molar-refractivity contribution in [2.45, 2.75) is 56.4 Å². The van der Waals surface area contributed by atoms with E-state index in [9.17, 15) is 9.90 Å². The van der Waals surface area contributed by atoms with Gasteiger partial charge in [-0.1, -0.05) is 0 Å². The highest BCUT2D eigenvalue weighted by molar-refractivity contribution is 7.80. The molecule has 3 heterocycles. The van der Waals surface area contributed by atoms with Gasteiger partial charge < -0.3 is 10.4 Å². The van der Waals surface area contributed by atoms with Gasteiger partial charge >= 0.3 is 0 Å². The fourth-order valence-corrected chi connectivity index (χ4v) is 4.69. The summed E-state index contributed by atoms with van der Waals surface area (Å²) in [6.45, 7) is 3.40. The number of hydrogen-bond donors (Lipinski definition) is 3. The van der Waals surface area contributed by atoms with Crippen molar-refractivity contribution in [3.05, 3.63) is 54.1 Å². The van der Waals surface area contributed by atoms with Crippen LogP contribution in [0.25, 0.3) is 16.6 Å². The highest BCUT2D eigenvalue weighted by Crippen LogP contribution is 2.35. The summed E-state index contributed by atoms with van der Waals surface area (Å²) < 4.78 is 3.58. The Morgan fingerprint density at radius 2 is 2.03 bits per heavy atom. The second kappa shape index (κ2) is 7.90. The maximum atomic E-state index is 13.1. The number of carbonyl (C=O) groups excluding carboxylic acids is 1. The van der Waals surface area contributed by atoms with E-state index in [2.05, 4.69) is 28.0 Å². The second-order valence-corrected chi connectivity index (χ2v) is 9.72. The molecule has 1 fully saturated rings. The smallest absolute Gasteiger partial charge is 0.261 e. The molecule has 0 saturated heterocycles. The molecule has 0 bridgehead atoms. The number of anilines is 1. The summed E-state index contributed by atoms with van der Waals surface area (Å²) in [5.41, 5.74) is 1.63. The second-order valence-electron chi connectivity index (χ2n) is 8.99. The number of fused-ring (bicyclic) bond motifs is 2. The molecule has 9 heteroatoms. The van der Waals surface area contributed by atoms with Crippen molar-refractivity contribution in [2.75, 3.05) is 5.32 Å². The van der Waals surface area contributed by atoms with E-state index in [0.29, 0.717) is 33.8 Å². The molecule has 166 valence electrons. The fourth-order valence-electron chi connectivity index (χ4n) is 4.39. The predicted molar refractivity (Wildman–Crippen MR) is 126 cm³/mol. The van der Waals surface area contributed by atoms with E-state index in [1.807, 2.05) is 23.0 Å². The van der Waals surface area contributed by atoms with E-state index in [4.69, 9.17) is 5.10 Å². The Hall–Kier alpha value is -2.91. The summed E-state index contributed by atoms with van der Waals surface area (Å²) in [4.78, 5) is 17.3. The minimum Gasteiger partial charge on any atom is -0.386 e. The van der Waals surface area contributed by atoms with E-state index in [-0.39, 0.29) is 5.91 Å². The molecule has 1 aromatic carbocycles. The third-order valence-electron chi connectivity index (χ3n) is 6.13. The van der Waals surface area contributed by atoms with Gasteiger partial charge in [0.1, 0.15) is 5.56 Å². The van der Waals surface area contributed by atoms with Crippen LogP contribution in [0, 0.1) is 0 Å². The number of amides is 1. The predicted octanol–water partition coefficient (Wildman–Crippen LogP) is 3.97. The highest BCUT2D eigenvalue weighted by Gasteiger charge is 2.26. The molecule has 2 N–H and O–H groups in total. The van der Waals surface area contributed by atoms with Gasteiger partial charge in [0.05, 0.1) is 23.4 Å². The van der Waals surface area contributed by atoms with Crippen molar-refractivity contribution < 1.29 is 9.90 Å². The van der Waals surface area contributed by atoms with Gasteiger partial charge in [0.15, 0.2) is 5.65 Å². The van der Waals surface area contributed by atoms with E-state index < -0.39 is 5.60 Å². The number of aliphatic hydroxyl groups is 1. The van der Waals surface area contributed by atoms with Crippen LogP contribution in [0.4, 0.5) is 5.69 Å². The molecule has 0 aliphatic heterocycles. The molecule has 1 aliphatic rings. The number of carbonyl (C=O) groups is 1. The standard InChI is InChI=1S/C23H26N6O2S/c1-23(2,31)18-11-19-14(13-29(27-19)15-4-6-16(32)7-5-15)10-20(18)26-22(30)17-12-25-28-9-3-8-24-21(17)28/h3,8-13,15-16,31-32H,4-7H2,1-2H3,(H,26,30)/t15-,16-. The van der Waals surface area contributed by atoms with Crippen LogP contribution in [0.2, 0.25) is 0 Å². The third-order valence-corrected chi connectivity index (χ3v) is 6.65. The van der Waals surface area contributed by atoms with Gasteiger partial charge in [-0.25, -0.2) is 9.50 Å². The van der Waals surface area contributed by atoms with Crippen molar-refractivity contribution in [1.29, 1.82) is 0 Å². The average molecular weight is 451 g/mol. The zero-order chi connectivity index (χ0) is 22.5. The first-order valence-corrected chi connectivity index (χ1v) is 11.3. The third kappa shape index (κ3) is 3.86. The Labute approximate surface area is 191 Å². The number of hydrogen-bond acceptors (Lipinski definition) is 6. The minimum atomic E-state index is -1.16. The zero-order valence-corrected chi connectivity index (χ0v) is 19.0. The minimum absolute atomic E-state index is 0.331. The largest absolute Gasteiger partial charge is 0.386 e. The topological polar surface area (TPSA) is 97.3 Å². The quantitative estimate of drug-likeness (QED) is 0.409. The van der Waals surface area contributed by atoms with Gasteiger partial charge in [-0.3, -0.25) is 9.48 Å². The molecule has 1 saturated carbocycles. The van der Waals surface area contributed by atoms with Crippen molar-refractivity contribution in [3.8, 4) is 0 Å². The van der Waals surface area contributed by atoms with Gasteiger partial charge in [-0.2, -0.15) is 22.8 Å². The van der Waals surface area contributed by atoms with E-state index in [0.717, 1.165) is 36.6 Å². The monoisotopic (exact) mass is 450 g/mol. The lowest BCUT2D eigenvalue weighted by atomic mass is 9.95. The van der Waals surface area contributed by atoms with Crippen LogP contribution in [0.5, 0.6) is 0 Å². The first kappa shape index (κ1) is 21.0. The zero-order valence-electron chi connectivity index (χ0n) is 18.1. The van der Waals surface area contributed by atoms with Crippen LogP contribution in [-0.4, -0.2) is 40.6 Å². The number of nitrogens with one attached hydrogen (secondary N) is 1. The molecular formula is C23H26N6O2S. The normalized spacial score (nSPS) is 19.5. The van der Waals surface area contributed by atoms with Gasteiger partial charge in [0, 0.05) is 40.5 Å². The number of aromatic nitrogens is 5. The number of benzene rings is 1. The Kier molecular flexibility index (Phi) is 5.17. The Bertz CT molecular complexity index is 1300.